The number of hydrogen-bond donors (Lipinski definition) is 0. The Balaban J connectivity index is 1.91. The fourth-order valence-electron chi connectivity index (χ4n) is 3.11. The zero-order chi connectivity index (χ0) is 16.5. The van der Waals surface area contributed by atoms with Crippen LogP contribution < -0.4 is 0 Å². The van der Waals surface area contributed by atoms with Crippen molar-refractivity contribution in [1.82, 2.24) is 14.9 Å². The highest BCUT2D eigenvalue weighted by atomic mass is 79.9. The van der Waals surface area contributed by atoms with Gasteiger partial charge in [0.1, 0.15) is 0 Å². The average molecular weight is 382 g/mol. The Morgan fingerprint density at radius 1 is 1.04 bits per heavy atom. The van der Waals surface area contributed by atoms with Crippen molar-refractivity contribution in [3.8, 4) is 11.4 Å². The number of halogens is 1. The molecule has 3 aromatic rings. The molecule has 1 aromatic carbocycles. The van der Waals surface area contributed by atoms with Gasteiger partial charge in [0.25, 0.3) is 5.91 Å². The van der Waals surface area contributed by atoms with Gasteiger partial charge in [-0.2, -0.15) is 0 Å². The highest BCUT2D eigenvalue weighted by molar-refractivity contribution is 9.10. The van der Waals surface area contributed by atoms with E-state index in [1.54, 1.807) is 6.20 Å². The van der Waals surface area contributed by atoms with Gasteiger partial charge in [-0.05, 0) is 49.2 Å². The first kappa shape index (κ1) is 15.3. The van der Waals surface area contributed by atoms with Gasteiger partial charge in [-0.3, -0.25) is 9.78 Å². The molecule has 1 aliphatic rings. The minimum Gasteiger partial charge on any atom is -0.339 e. The molecule has 24 heavy (non-hydrogen) atoms. The molecule has 1 aliphatic heterocycles. The third-order valence-electron chi connectivity index (χ3n) is 4.32. The summed E-state index contributed by atoms with van der Waals surface area (Å²) >= 11 is 3.50. The second kappa shape index (κ2) is 6.32. The van der Waals surface area contributed by atoms with Crippen LogP contribution in [0.4, 0.5) is 0 Å². The SMILES string of the molecule is O=C(c1cc(-c2ccccn2)nc2ccc(Br)cc12)N1CCCC1. The van der Waals surface area contributed by atoms with Gasteiger partial charge >= 0.3 is 0 Å². The Labute approximate surface area is 148 Å². The van der Waals surface area contributed by atoms with Crippen LogP contribution in [0.15, 0.2) is 53.1 Å². The van der Waals surface area contributed by atoms with Crippen LogP contribution in [0.25, 0.3) is 22.3 Å². The van der Waals surface area contributed by atoms with Gasteiger partial charge in [0.15, 0.2) is 0 Å². The fourth-order valence-corrected chi connectivity index (χ4v) is 3.47. The van der Waals surface area contributed by atoms with E-state index >= 15 is 0 Å². The van der Waals surface area contributed by atoms with Gasteiger partial charge in [-0.25, -0.2) is 4.98 Å². The Kier molecular flexibility index (Phi) is 4.02. The molecule has 0 saturated carbocycles. The molecule has 1 fully saturated rings. The number of hydrogen-bond acceptors (Lipinski definition) is 3. The summed E-state index contributed by atoms with van der Waals surface area (Å²) in [6.45, 7) is 1.66. The summed E-state index contributed by atoms with van der Waals surface area (Å²) in [5.74, 6) is 0.0789. The number of fused-ring (bicyclic) bond motifs is 1. The number of likely N-dealkylation sites (tertiary alicyclic amines) is 1. The summed E-state index contributed by atoms with van der Waals surface area (Å²) in [5, 5.41) is 0.876. The molecule has 0 atom stereocenters. The van der Waals surface area contributed by atoms with E-state index in [4.69, 9.17) is 4.98 Å². The maximum absolute atomic E-state index is 13.0. The molecule has 1 amide bonds. The van der Waals surface area contributed by atoms with Crippen molar-refractivity contribution in [2.45, 2.75) is 12.8 Å². The maximum Gasteiger partial charge on any atom is 0.254 e. The maximum atomic E-state index is 13.0. The van der Waals surface area contributed by atoms with Crippen LogP contribution in [-0.4, -0.2) is 33.9 Å². The van der Waals surface area contributed by atoms with Crippen LogP contribution in [0.1, 0.15) is 23.2 Å². The van der Waals surface area contributed by atoms with Gasteiger partial charge in [0, 0.05) is 29.1 Å². The number of carbonyl (C=O) groups is 1. The summed E-state index contributed by atoms with van der Waals surface area (Å²) in [5.41, 5.74) is 3.01. The quantitative estimate of drug-likeness (QED) is 0.664. The normalized spacial score (nSPS) is 14.3. The molecular formula is C19H16BrN3O. The zero-order valence-corrected chi connectivity index (χ0v) is 14.7. The molecule has 0 unspecified atom stereocenters. The molecule has 4 nitrogen and oxygen atoms in total. The second-order valence-electron chi connectivity index (χ2n) is 5.93. The largest absolute Gasteiger partial charge is 0.339 e. The van der Waals surface area contributed by atoms with Crippen LogP contribution in [0.2, 0.25) is 0 Å². The van der Waals surface area contributed by atoms with Gasteiger partial charge in [0.2, 0.25) is 0 Å². The zero-order valence-electron chi connectivity index (χ0n) is 13.1. The van der Waals surface area contributed by atoms with Crippen molar-refractivity contribution < 1.29 is 4.79 Å². The van der Waals surface area contributed by atoms with Crippen LogP contribution >= 0.6 is 15.9 Å². The van der Waals surface area contributed by atoms with E-state index in [0.717, 1.165) is 52.7 Å². The molecule has 0 bridgehead atoms. The van der Waals surface area contributed by atoms with Crippen LogP contribution in [0.5, 0.6) is 0 Å². The Morgan fingerprint density at radius 2 is 1.88 bits per heavy atom. The van der Waals surface area contributed by atoms with Gasteiger partial charge in [-0.1, -0.05) is 22.0 Å². The fraction of sp³-hybridized carbons (Fsp3) is 0.211. The van der Waals surface area contributed by atoms with Gasteiger partial charge < -0.3 is 4.90 Å². The van der Waals surface area contributed by atoms with Crippen molar-refractivity contribution >= 4 is 32.7 Å². The highest BCUT2D eigenvalue weighted by Crippen LogP contribution is 2.28. The average Bonchev–Trinajstić information content (AvgIpc) is 3.15. The third kappa shape index (κ3) is 2.80. The molecule has 120 valence electrons. The standard InChI is InChI=1S/C19H16BrN3O/c20-13-6-7-16-14(11-13)15(19(24)23-9-3-4-10-23)12-18(22-16)17-5-1-2-8-21-17/h1-2,5-8,11-12H,3-4,9-10H2. The molecule has 0 N–H and O–H groups in total. The van der Waals surface area contributed by atoms with Gasteiger partial charge in [0.05, 0.1) is 22.5 Å². The molecule has 3 heterocycles. The number of nitrogens with zero attached hydrogens (tertiary/aromatic N) is 3. The van der Waals surface area contributed by atoms with Crippen molar-refractivity contribution in [3.63, 3.8) is 0 Å². The summed E-state index contributed by atoms with van der Waals surface area (Å²) in [6.07, 6.45) is 3.89. The monoisotopic (exact) mass is 381 g/mol. The van der Waals surface area contributed by atoms with Crippen molar-refractivity contribution in [2.75, 3.05) is 13.1 Å². The highest BCUT2D eigenvalue weighted by Gasteiger charge is 2.22. The van der Waals surface area contributed by atoms with E-state index in [2.05, 4.69) is 20.9 Å². The van der Waals surface area contributed by atoms with E-state index in [-0.39, 0.29) is 5.91 Å². The lowest BCUT2D eigenvalue weighted by Crippen LogP contribution is -2.27. The van der Waals surface area contributed by atoms with E-state index in [0.29, 0.717) is 5.56 Å². The Bertz CT molecular complexity index is 905. The van der Waals surface area contributed by atoms with Crippen molar-refractivity contribution in [3.05, 3.63) is 58.7 Å². The Morgan fingerprint density at radius 3 is 2.62 bits per heavy atom. The van der Waals surface area contributed by atoms with E-state index < -0.39 is 0 Å². The lowest BCUT2D eigenvalue weighted by Gasteiger charge is -2.17. The van der Waals surface area contributed by atoms with Crippen LogP contribution in [-0.2, 0) is 0 Å². The molecular weight excluding hydrogens is 366 g/mol. The summed E-state index contributed by atoms with van der Waals surface area (Å²) in [4.78, 5) is 24.0. The first-order valence-electron chi connectivity index (χ1n) is 8.03. The molecule has 2 aromatic heterocycles. The number of rotatable bonds is 2. The van der Waals surface area contributed by atoms with Crippen LogP contribution in [0, 0.1) is 0 Å². The number of aromatic nitrogens is 2. The summed E-state index contributed by atoms with van der Waals surface area (Å²) in [7, 11) is 0. The first-order valence-corrected chi connectivity index (χ1v) is 8.83. The summed E-state index contributed by atoms with van der Waals surface area (Å²) < 4.78 is 0.942. The molecule has 0 radical (unpaired) electrons. The van der Waals surface area contributed by atoms with E-state index in [1.807, 2.05) is 47.4 Å². The Hall–Kier alpha value is -2.27. The molecule has 4 rings (SSSR count). The molecule has 5 heteroatoms. The number of benzene rings is 1. The summed E-state index contributed by atoms with van der Waals surface area (Å²) in [6, 6.07) is 13.4. The second-order valence-corrected chi connectivity index (χ2v) is 6.85. The molecule has 0 spiro atoms. The van der Waals surface area contributed by atoms with Crippen molar-refractivity contribution in [2.24, 2.45) is 0 Å². The topological polar surface area (TPSA) is 46.1 Å². The number of pyridine rings is 2. The smallest absolute Gasteiger partial charge is 0.254 e. The first-order chi connectivity index (χ1) is 11.7. The molecule has 0 aliphatic carbocycles. The van der Waals surface area contributed by atoms with Crippen LogP contribution in [0.3, 0.4) is 0 Å². The van der Waals surface area contributed by atoms with Crippen molar-refractivity contribution in [1.29, 1.82) is 0 Å². The minimum absolute atomic E-state index is 0.0789. The minimum atomic E-state index is 0.0789. The van der Waals surface area contributed by atoms with Gasteiger partial charge in [-0.15, -0.1) is 0 Å². The third-order valence-corrected chi connectivity index (χ3v) is 4.81. The number of carbonyl (C=O) groups excluding carboxylic acids is 1. The van der Waals surface area contributed by atoms with E-state index in [1.165, 1.54) is 0 Å². The lowest BCUT2D eigenvalue weighted by molar-refractivity contribution is 0.0794. The predicted molar refractivity (Wildman–Crippen MR) is 97.8 cm³/mol. The van der Waals surface area contributed by atoms with E-state index in [9.17, 15) is 4.79 Å². The lowest BCUT2D eigenvalue weighted by atomic mass is 10.0. The predicted octanol–water partition coefficient (Wildman–Crippen LogP) is 4.30. The number of amides is 1. The molecule has 1 saturated heterocycles.